The molecule has 0 saturated heterocycles. The number of hydrogen-bond donors (Lipinski definition) is 2. The third kappa shape index (κ3) is 3.28. The van der Waals surface area contributed by atoms with Gasteiger partial charge < -0.3 is 15.3 Å². The van der Waals surface area contributed by atoms with E-state index in [1.165, 1.54) is 37.6 Å². The lowest BCUT2D eigenvalue weighted by molar-refractivity contribution is -0.117. The summed E-state index contributed by atoms with van der Waals surface area (Å²) in [6, 6.07) is 10.9. The second-order valence-corrected chi connectivity index (χ2v) is 7.99. The highest BCUT2D eigenvalue weighted by molar-refractivity contribution is 6.02. The van der Waals surface area contributed by atoms with Crippen molar-refractivity contribution in [1.82, 2.24) is 19.5 Å². The number of primary amides is 1. The summed E-state index contributed by atoms with van der Waals surface area (Å²) in [5.74, 6) is 0.736. The largest absolute Gasteiger partial charge is 0.370 e. The molecule has 1 fully saturated rings. The maximum atomic E-state index is 11.1. The molecule has 1 aromatic carbocycles. The summed E-state index contributed by atoms with van der Waals surface area (Å²) in [7, 11) is 0. The molecule has 29 heavy (non-hydrogen) atoms. The maximum absolute atomic E-state index is 11.1. The Balaban J connectivity index is 1.63. The molecule has 1 aliphatic carbocycles. The molecule has 0 radical (unpaired) electrons. The van der Waals surface area contributed by atoms with Gasteiger partial charge in [-0.25, -0.2) is 9.97 Å². The molecule has 3 heterocycles. The van der Waals surface area contributed by atoms with Gasteiger partial charge in [0, 0.05) is 29.6 Å². The molecular weight excluding hydrogens is 362 g/mol. The smallest absolute Gasteiger partial charge is 0.217 e. The molecule has 1 amide bonds. The first-order valence-corrected chi connectivity index (χ1v) is 10.4. The van der Waals surface area contributed by atoms with Crippen LogP contribution in [0.4, 0.5) is 0 Å². The number of hydrogen-bond acceptors (Lipinski definition) is 3. The van der Waals surface area contributed by atoms with E-state index in [1.54, 1.807) is 0 Å². The van der Waals surface area contributed by atoms with E-state index in [4.69, 9.17) is 10.7 Å². The maximum Gasteiger partial charge on any atom is 0.217 e. The number of amides is 1. The van der Waals surface area contributed by atoms with Crippen LogP contribution in [-0.2, 0) is 11.2 Å². The van der Waals surface area contributed by atoms with Gasteiger partial charge in [0.15, 0.2) is 0 Å². The molecule has 0 bridgehead atoms. The van der Waals surface area contributed by atoms with Crippen LogP contribution in [0.5, 0.6) is 0 Å². The van der Waals surface area contributed by atoms with Crippen molar-refractivity contribution in [3.05, 3.63) is 48.3 Å². The van der Waals surface area contributed by atoms with Crippen molar-refractivity contribution in [1.29, 1.82) is 0 Å². The first-order valence-electron chi connectivity index (χ1n) is 10.4. The fraction of sp³-hybridized carbons (Fsp3) is 0.348. The van der Waals surface area contributed by atoms with Crippen LogP contribution in [0.25, 0.3) is 33.5 Å². The Morgan fingerprint density at radius 2 is 1.93 bits per heavy atom. The highest BCUT2D eigenvalue weighted by Crippen LogP contribution is 2.37. The number of nitrogens with one attached hydrogen (secondary N) is 1. The van der Waals surface area contributed by atoms with E-state index < -0.39 is 0 Å². The highest BCUT2D eigenvalue weighted by Gasteiger charge is 2.24. The van der Waals surface area contributed by atoms with Gasteiger partial charge in [-0.1, -0.05) is 43.5 Å². The molecule has 4 aromatic rings. The summed E-state index contributed by atoms with van der Waals surface area (Å²) >= 11 is 0. The Labute approximate surface area is 169 Å². The van der Waals surface area contributed by atoms with Gasteiger partial charge in [-0.2, -0.15) is 0 Å². The summed E-state index contributed by atoms with van der Waals surface area (Å²) in [5, 5.41) is 1.13. The van der Waals surface area contributed by atoms with E-state index in [1.807, 2.05) is 12.4 Å². The van der Waals surface area contributed by atoms with E-state index in [-0.39, 0.29) is 5.91 Å². The average Bonchev–Trinajstić information content (AvgIpc) is 3.37. The van der Waals surface area contributed by atoms with Gasteiger partial charge in [-0.3, -0.25) is 4.79 Å². The number of aryl methyl sites for hydroxylation is 1. The van der Waals surface area contributed by atoms with Crippen LogP contribution in [0, 0.1) is 0 Å². The van der Waals surface area contributed by atoms with Gasteiger partial charge in [0.25, 0.3) is 0 Å². The molecule has 3 N–H and O–H groups in total. The number of rotatable bonds is 5. The van der Waals surface area contributed by atoms with E-state index in [9.17, 15) is 4.79 Å². The number of fused-ring (bicyclic) bond motifs is 3. The molecule has 0 atom stereocenters. The second-order valence-electron chi connectivity index (χ2n) is 7.99. The van der Waals surface area contributed by atoms with Crippen molar-refractivity contribution in [2.45, 2.75) is 51.0 Å². The molecule has 0 unspecified atom stereocenters. The minimum absolute atomic E-state index is 0.267. The van der Waals surface area contributed by atoms with E-state index in [2.05, 4.69) is 44.9 Å². The van der Waals surface area contributed by atoms with Gasteiger partial charge in [-0.05, 0) is 30.9 Å². The number of aromatic nitrogens is 4. The number of aromatic amines is 1. The minimum atomic E-state index is -0.267. The Bertz CT molecular complexity index is 1170. The monoisotopic (exact) mass is 387 g/mol. The SMILES string of the molecule is NC(=O)CCc1ccc(-c2nc3cnc4[nH]ccc4c3n2C2CCCCC2)cc1. The normalized spacial score (nSPS) is 15.3. The molecule has 148 valence electrons. The Kier molecular flexibility index (Phi) is 4.54. The zero-order valence-electron chi connectivity index (χ0n) is 16.4. The quantitative estimate of drug-likeness (QED) is 0.528. The number of nitrogens with two attached hydrogens (primary N) is 1. The minimum Gasteiger partial charge on any atom is -0.370 e. The zero-order valence-corrected chi connectivity index (χ0v) is 16.4. The van der Waals surface area contributed by atoms with Crippen molar-refractivity contribution in [2.24, 2.45) is 5.73 Å². The Morgan fingerprint density at radius 1 is 1.14 bits per heavy atom. The average molecular weight is 387 g/mol. The van der Waals surface area contributed by atoms with Crippen LogP contribution in [-0.4, -0.2) is 25.4 Å². The molecule has 0 spiro atoms. The molecular formula is C23H25N5O. The molecule has 5 rings (SSSR count). The molecule has 1 saturated carbocycles. The topological polar surface area (TPSA) is 89.6 Å². The summed E-state index contributed by atoms with van der Waals surface area (Å²) < 4.78 is 2.45. The number of nitrogens with zero attached hydrogens (tertiary/aromatic N) is 3. The summed E-state index contributed by atoms with van der Waals surface area (Å²) in [6.45, 7) is 0. The van der Waals surface area contributed by atoms with E-state index in [0.29, 0.717) is 18.9 Å². The summed E-state index contributed by atoms with van der Waals surface area (Å²) in [4.78, 5) is 23.8. The first kappa shape index (κ1) is 17.9. The predicted molar refractivity (Wildman–Crippen MR) is 114 cm³/mol. The van der Waals surface area contributed by atoms with E-state index >= 15 is 0 Å². The fourth-order valence-electron chi connectivity index (χ4n) is 4.58. The van der Waals surface area contributed by atoms with Crippen molar-refractivity contribution in [2.75, 3.05) is 0 Å². The van der Waals surface area contributed by atoms with Crippen molar-refractivity contribution in [3.8, 4) is 11.4 Å². The fourth-order valence-corrected chi connectivity index (χ4v) is 4.58. The van der Waals surface area contributed by atoms with Crippen LogP contribution in [0.15, 0.2) is 42.7 Å². The molecule has 0 aliphatic heterocycles. The Hall–Kier alpha value is -3.15. The summed E-state index contributed by atoms with van der Waals surface area (Å²) in [6.07, 6.45) is 11.1. The van der Waals surface area contributed by atoms with Crippen molar-refractivity contribution < 1.29 is 4.79 Å². The molecule has 3 aromatic heterocycles. The third-order valence-electron chi connectivity index (χ3n) is 6.05. The van der Waals surface area contributed by atoms with Gasteiger partial charge >= 0.3 is 0 Å². The number of imidazole rings is 1. The van der Waals surface area contributed by atoms with Gasteiger partial charge in [0.2, 0.25) is 5.91 Å². The summed E-state index contributed by atoms with van der Waals surface area (Å²) in [5.41, 5.74) is 10.5. The zero-order chi connectivity index (χ0) is 19.8. The molecule has 6 nitrogen and oxygen atoms in total. The lowest BCUT2D eigenvalue weighted by Gasteiger charge is -2.26. The number of benzene rings is 1. The van der Waals surface area contributed by atoms with Crippen LogP contribution in [0.3, 0.4) is 0 Å². The van der Waals surface area contributed by atoms with Crippen LogP contribution >= 0.6 is 0 Å². The second kappa shape index (κ2) is 7.35. The van der Waals surface area contributed by atoms with E-state index in [0.717, 1.165) is 33.5 Å². The first-order chi connectivity index (χ1) is 14.2. The van der Waals surface area contributed by atoms with Gasteiger partial charge in [0.05, 0.1) is 11.7 Å². The Morgan fingerprint density at radius 3 is 2.69 bits per heavy atom. The lowest BCUT2D eigenvalue weighted by Crippen LogP contribution is -2.14. The molecule has 1 aliphatic rings. The standard InChI is InChI=1S/C23H25N5O/c24-20(29)11-8-15-6-9-16(10-7-15)23-27-19-14-26-22-18(12-13-25-22)21(19)28(23)17-4-2-1-3-5-17/h6-7,9-10,12-14,17H,1-5,8,11H2,(H2,24,29)(H,25,26). The van der Waals surface area contributed by atoms with Crippen molar-refractivity contribution >= 4 is 28.0 Å². The number of pyridine rings is 1. The molecule has 6 heteroatoms. The predicted octanol–water partition coefficient (Wildman–Crippen LogP) is 4.50. The lowest BCUT2D eigenvalue weighted by atomic mass is 9.94. The van der Waals surface area contributed by atoms with Crippen molar-refractivity contribution in [3.63, 3.8) is 0 Å². The highest BCUT2D eigenvalue weighted by atomic mass is 16.1. The van der Waals surface area contributed by atoms with Crippen LogP contribution in [0.1, 0.15) is 50.1 Å². The van der Waals surface area contributed by atoms with Gasteiger partial charge in [-0.15, -0.1) is 0 Å². The number of H-pyrrole nitrogens is 1. The van der Waals surface area contributed by atoms with Crippen LogP contribution in [0.2, 0.25) is 0 Å². The van der Waals surface area contributed by atoms with Crippen LogP contribution < -0.4 is 5.73 Å². The third-order valence-corrected chi connectivity index (χ3v) is 6.05. The number of carbonyl (C=O) groups excluding carboxylic acids is 1. The van der Waals surface area contributed by atoms with Gasteiger partial charge in [0.1, 0.15) is 17.0 Å². The number of carbonyl (C=O) groups is 1.